The molecule has 1 aliphatic rings. The Morgan fingerprint density at radius 1 is 1.24 bits per heavy atom. The van der Waals surface area contributed by atoms with Crippen LogP contribution in [0.3, 0.4) is 0 Å². The first kappa shape index (κ1) is 16.1. The molecule has 1 saturated carbocycles. The van der Waals surface area contributed by atoms with Gasteiger partial charge in [0.1, 0.15) is 0 Å². The van der Waals surface area contributed by atoms with Crippen LogP contribution in [-0.2, 0) is 4.79 Å². The van der Waals surface area contributed by atoms with Crippen molar-refractivity contribution in [1.29, 1.82) is 0 Å². The van der Waals surface area contributed by atoms with Crippen molar-refractivity contribution >= 4 is 11.6 Å². The lowest BCUT2D eigenvalue weighted by Gasteiger charge is -2.36. The Labute approximate surface area is 129 Å². The molecule has 0 spiro atoms. The van der Waals surface area contributed by atoms with Gasteiger partial charge in [0.2, 0.25) is 5.91 Å². The monoisotopic (exact) mass is 287 g/mol. The van der Waals surface area contributed by atoms with Gasteiger partial charge in [-0.2, -0.15) is 0 Å². The molecule has 0 radical (unpaired) electrons. The minimum absolute atomic E-state index is 0.162. The molecule has 0 heterocycles. The van der Waals surface area contributed by atoms with E-state index in [9.17, 15) is 4.79 Å². The Balaban J connectivity index is 2.13. The van der Waals surface area contributed by atoms with Gasteiger partial charge in [-0.1, -0.05) is 44.9 Å². The van der Waals surface area contributed by atoms with Gasteiger partial charge in [-0.3, -0.25) is 4.79 Å². The van der Waals surface area contributed by atoms with Gasteiger partial charge >= 0.3 is 0 Å². The van der Waals surface area contributed by atoms with Gasteiger partial charge in [0, 0.05) is 11.6 Å². The third-order valence-corrected chi connectivity index (χ3v) is 5.00. The molecule has 0 unspecified atom stereocenters. The molecule has 2 nitrogen and oxygen atoms in total. The molecule has 0 saturated heterocycles. The molecule has 1 fully saturated rings. The maximum absolute atomic E-state index is 12.8. The minimum Gasteiger partial charge on any atom is -0.326 e. The third-order valence-electron chi connectivity index (χ3n) is 5.00. The number of carbonyl (C=O) groups is 1. The molecule has 1 aromatic rings. The fraction of sp³-hybridized carbons (Fsp3) is 0.632. The van der Waals surface area contributed by atoms with Gasteiger partial charge < -0.3 is 5.32 Å². The van der Waals surface area contributed by atoms with Gasteiger partial charge in [-0.15, -0.1) is 0 Å². The summed E-state index contributed by atoms with van der Waals surface area (Å²) in [5.41, 5.74) is 3.34. The van der Waals surface area contributed by atoms with Gasteiger partial charge in [0.25, 0.3) is 0 Å². The van der Waals surface area contributed by atoms with Crippen LogP contribution < -0.4 is 5.32 Å². The summed E-state index contributed by atoms with van der Waals surface area (Å²) in [6, 6.07) is 6.21. The average molecular weight is 287 g/mol. The Hall–Kier alpha value is -1.31. The van der Waals surface area contributed by atoms with E-state index >= 15 is 0 Å². The number of benzene rings is 1. The zero-order valence-corrected chi connectivity index (χ0v) is 14.1. The number of rotatable bonds is 3. The largest absolute Gasteiger partial charge is 0.326 e. The maximum atomic E-state index is 12.8. The number of amides is 1. The molecule has 21 heavy (non-hydrogen) atoms. The highest BCUT2D eigenvalue weighted by Crippen LogP contribution is 2.38. The van der Waals surface area contributed by atoms with Gasteiger partial charge in [0.15, 0.2) is 0 Å². The first-order valence-electron chi connectivity index (χ1n) is 8.26. The molecule has 116 valence electrons. The molecule has 2 heteroatoms. The second kappa shape index (κ2) is 6.64. The number of aryl methyl sites for hydroxylation is 2. The summed E-state index contributed by atoms with van der Waals surface area (Å²) in [6.45, 7) is 10.9. The van der Waals surface area contributed by atoms with Crippen molar-refractivity contribution in [2.75, 3.05) is 5.32 Å². The normalized spacial score (nSPS) is 25.9. The summed E-state index contributed by atoms with van der Waals surface area (Å²) in [6.07, 6.45) is 3.47. The van der Waals surface area contributed by atoms with Crippen molar-refractivity contribution in [1.82, 2.24) is 0 Å². The number of hydrogen-bond acceptors (Lipinski definition) is 1. The lowest BCUT2D eigenvalue weighted by atomic mass is 9.70. The van der Waals surface area contributed by atoms with Crippen molar-refractivity contribution in [2.24, 2.45) is 23.7 Å². The van der Waals surface area contributed by atoms with Crippen molar-refractivity contribution in [3.63, 3.8) is 0 Å². The molecule has 0 aromatic heterocycles. The van der Waals surface area contributed by atoms with Crippen LogP contribution in [0.4, 0.5) is 5.69 Å². The highest BCUT2D eigenvalue weighted by atomic mass is 16.1. The lowest BCUT2D eigenvalue weighted by Crippen LogP contribution is -2.36. The first-order chi connectivity index (χ1) is 9.88. The van der Waals surface area contributed by atoms with E-state index in [4.69, 9.17) is 0 Å². The Morgan fingerprint density at radius 3 is 2.57 bits per heavy atom. The second-order valence-corrected chi connectivity index (χ2v) is 7.24. The zero-order chi connectivity index (χ0) is 15.6. The van der Waals surface area contributed by atoms with Crippen LogP contribution in [0.5, 0.6) is 0 Å². The van der Waals surface area contributed by atoms with Gasteiger partial charge in [-0.05, 0) is 56.1 Å². The quantitative estimate of drug-likeness (QED) is 0.837. The van der Waals surface area contributed by atoms with Crippen molar-refractivity contribution in [2.45, 2.75) is 53.9 Å². The Bertz CT molecular complexity index is 506. The predicted molar refractivity (Wildman–Crippen MR) is 89.4 cm³/mol. The topological polar surface area (TPSA) is 29.1 Å². The van der Waals surface area contributed by atoms with Crippen molar-refractivity contribution in [3.05, 3.63) is 29.3 Å². The van der Waals surface area contributed by atoms with Crippen LogP contribution in [0.25, 0.3) is 0 Å². The molecule has 0 bridgehead atoms. The van der Waals surface area contributed by atoms with Gasteiger partial charge in [-0.25, -0.2) is 0 Å². The van der Waals surface area contributed by atoms with Crippen molar-refractivity contribution in [3.8, 4) is 0 Å². The van der Waals surface area contributed by atoms with E-state index in [-0.39, 0.29) is 11.8 Å². The van der Waals surface area contributed by atoms with Crippen molar-refractivity contribution < 1.29 is 4.79 Å². The smallest absolute Gasteiger partial charge is 0.227 e. The molecular weight excluding hydrogens is 258 g/mol. The van der Waals surface area contributed by atoms with E-state index in [1.165, 1.54) is 18.4 Å². The molecule has 1 N–H and O–H groups in total. The zero-order valence-electron chi connectivity index (χ0n) is 14.1. The van der Waals surface area contributed by atoms with Crippen LogP contribution in [0.1, 0.15) is 51.2 Å². The van der Waals surface area contributed by atoms with Crippen LogP contribution in [-0.4, -0.2) is 5.91 Å². The maximum Gasteiger partial charge on any atom is 0.227 e. The molecule has 3 atom stereocenters. The Kier molecular flexibility index (Phi) is 5.08. The molecule has 1 amide bonds. The lowest BCUT2D eigenvalue weighted by molar-refractivity contribution is -0.124. The minimum atomic E-state index is 0.162. The van der Waals surface area contributed by atoms with Gasteiger partial charge in [0.05, 0.1) is 0 Å². The standard InChI is InChI=1S/C19H29NO/c1-12(2)16-8-6-14(4)11-17(16)19(21)20-18-9-7-13(3)10-15(18)5/h7,9-10,12,14,16-17H,6,8,11H2,1-5H3,(H,20,21)/t14-,16+,17-/m1/s1. The number of nitrogens with one attached hydrogen (secondary N) is 1. The van der Waals surface area contributed by atoms with Crippen LogP contribution in [0.2, 0.25) is 0 Å². The highest BCUT2D eigenvalue weighted by molar-refractivity contribution is 5.93. The molecule has 2 rings (SSSR count). The van der Waals surface area contributed by atoms with E-state index in [1.54, 1.807) is 0 Å². The van der Waals surface area contributed by atoms with E-state index in [0.29, 0.717) is 17.8 Å². The highest BCUT2D eigenvalue weighted by Gasteiger charge is 2.35. The summed E-state index contributed by atoms with van der Waals surface area (Å²) in [7, 11) is 0. The number of anilines is 1. The fourth-order valence-electron chi connectivity index (χ4n) is 3.68. The second-order valence-electron chi connectivity index (χ2n) is 7.24. The molecule has 1 aromatic carbocycles. The van der Waals surface area contributed by atoms with Crippen LogP contribution >= 0.6 is 0 Å². The summed E-state index contributed by atoms with van der Waals surface area (Å²) < 4.78 is 0. The summed E-state index contributed by atoms with van der Waals surface area (Å²) in [5, 5.41) is 3.17. The van der Waals surface area contributed by atoms with Crippen LogP contribution in [0, 0.1) is 37.5 Å². The fourth-order valence-corrected chi connectivity index (χ4v) is 3.68. The number of carbonyl (C=O) groups excluding carboxylic acids is 1. The Morgan fingerprint density at radius 2 is 1.95 bits per heavy atom. The third kappa shape index (κ3) is 3.87. The van der Waals surface area contributed by atoms with E-state index in [0.717, 1.165) is 17.7 Å². The summed E-state index contributed by atoms with van der Waals surface area (Å²) in [5.74, 6) is 2.14. The molecular formula is C19H29NO. The average Bonchev–Trinajstić information content (AvgIpc) is 2.41. The predicted octanol–water partition coefficient (Wildman–Crippen LogP) is 4.95. The first-order valence-corrected chi connectivity index (χ1v) is 8.26. The molecule has 1 aliphatic carbocycles. The SMILES string of the molecule is Cc1ccc(NC(=O)[C@@H]2C[C@H](C)CC[C@H]2C(C)C)c(C)c1. The van der Waals surface area contributed by atoms with E-state index in [2.05, 4.69) is 52.1 Å². The van der Waals surface area contributed by atoms with Crippen LogP contribution in [0.15, 0.2) is 18.2 Å². The number of hydrogen-bond donors (Lipinski definition) is 1. The van der Waals surface area contributed by atoms with E-state index < -0.39 is 0 Å². The summed E-state index contributed by atoms with van der Waals surface area (Å²) >= 11 is 0. The summed E-state index contributed by atoms with van der Waals surface area (Å²) in [4.78, 5) is 12.8. The molecule has 0 aliphatic heterocycles. The van der Waals surface area contributed by atoms with E-state index in [1.807, 2.05) is 6.07 Å².